The predicted molar refractivity (Wildman–Crippen MR) is 58.3 cm³/mol. The van der Waals surface area contributed by atoms with Crippen LogP contribution >= 0.6 is 11.3 Å². The summed E-state index contributed by atoms with van der Waals surface area (Å²) < 4.78 is 12.0. The summed E-state index contributed by atoms with van der Waals surface area (Å²) in [5, 5.41) is 0. The third kappa shape index (κ3) is 2.46. The minimum Gasteiger partial charge on any atom is -0.611 e. The van der Waals surface area contributed by atoms with E-state index in [0.717, 1.165) is 14.7 Å². The molecule has 1 atom stereocenters. The normalized spacial score (nSPS) is 12.2. The Morgan fingerprint density at radius 1 is 1.77 bits per heavy atom. The van der Waals surface area contributed by atoms with E-state index in [1.54, 1.807) is 6.26 Å². The molecule has 0 saturated carbocycles. The molecule has 1 heterocycles. The Balaban J connectivity index is 2.98. The van der Waals surface area contributed by atoms with Crippen molar-refractivity contribution in [2.24, 2.45) is 5.73 Å². The summed E-state index contributed by atoms with van der Waals surface area (Å²) in [6.45, 7) is 3.97. The summed E-state index contributed by atoms with van der Waals surface area (Å²) in [6.07, 6.45) is 1.66. The highest BCUT2D eigenvalue weighted by molar-refractivity contribution is 7.92. The van der Waals surface area contributed by atoms with E-state index < -0.39 is 11.2 Å². The van der Waals surface area contributed by atoms with E-state index in [1.807, 2.05) is 12.1 Å². The van der Waals surface area contributed by atoms with Crippen LogP contribution in [0.15, 0.2) is 28.7 Å². The monoisotopic (exact) mass is 213 g/mol. The molecular weight excluding hydrogens is 202 g/mol. The summed E-state index contributed by atoms with van der Waals surface area (Å²) in [4.78, 5) is 1.00. The van der Waals surface area contributed by atoms with Gasteiger partial charge in [0.1, 0.15) is 6.26 Å². The maximum Gasteiger partial charge on any atom is 0.206 e. The SMILES string of the molecule is C=C=C(CN)c1ccc([S+](C)[O-])s1. The summed E-state index contributed by atoms with van der Waals surface area (Å²) in [5.41, 5.74) is 9.14. The lowest BCUT2D eigenvalue weighted by Gasteiger charge is -1.98. The molecule has 2 N–H and O–H groups in total. The highest BCUT2D eigenvalue weighted by atomic mass is 32.2. The van der Waals surface area contributed by atoms with Gasteiger partial charge in [-0.25, -0.2) is 0 Å². The van der Waals surface area contributed by atoms with E-state index in [9.17, 15) is 4.55 Å². The highest BCUT2D eigenvalue weighted by Crippen LogP contribution is 2.26. The Labute approximate surface area is 85.0 Å². The van der Waals surface area contributed by atoms with Crippen LogP contribution in [0.3, 0.4) is 0 Å². The molecule has 0 aliphatic carbocycles. The maximum atomic E-state index is 11.1. The van der Waals surface area contributed by atoms with Crippen LogP contribution in [0, 0.1) is 0 Å². The van der Waals surface area contributed by atoms with Crippen molar-refractivity contribution in [3.05, 3.63) is 29.3 Å². The lowest BCUT2D eigenvalue weighted by molar-refractivity contribution is 0.603. The van der Waals surface area contributed by atoms with Gasteiger partial charge in [-0.15, -0.1) is 5.73 Å². The van der Waals surface area contributed by atoms with Gasteiger partial charge in [-0.2, -0.15) is 0 Å². The zero-order valence-electron chi connectivity index (χ0n) is 7.37. The number of rotatable bonds is 3. The van der Waals surface area contributed by atoms with Crippen LogP contribution in [0.2, 0.25) is 0 Å². The zero-order chi connectivity index (χ0) is 9.84. The Morgan fingerprint density at radius 3 is 2.85 bits per heavy atom. The van der Waals surface area contributed by atoms with Crippen LogP contribution in [0.4, 0.5) is 0 Å². The van der Waals surface area contributed by atoms with Gasteiger partial charge < -0.3 is 10.3 Å². The Morgan fingerprint density at radius 2 is 2.46 bits per heavy atom. The fourth-order valence-electron chi connectivity index (χ4n) is 0.897. The number of hydrogen-bond donors (Lipinski definition) is 1. The third-order valence-corrected chi connectivity index (χ3v) is 4.18. The van der Waals surface area contributed by atoms with Crippen molar-refractivity contribution in [3.63, 3.8) is 0 Å². The van der Waals surface area contributed by atoms with Gasteiger partial charge in [0.15, 0.2) is 0 Å². The molecular formula is C9H11NOS2. The molecule has 0 amide bonds. The van der Waals surface area contributed by atoms with E-state index in [4.69, 9.17) is 5.73 Å². The van der Waals surface area contributed by atoms with E-state index >= 15 is 0 Å². The molecule has 0 spiro atoms. The van der Waals surface area contributed by atoms with Crippen molar-refractivity contribution in [1.29, 1.82) is 0 Å². The smallest absolute Gasteiger partial charge is 0.206 e. The Bertz CT molecular complexity index is 337. The molecule has 4 heteroatoms. The fourth-order valence-corrected chi connectivity index (χ4v) is 2.66. The second-order valence-electron chi connectivity index (χ2n) is 2.43. The predicted octanol–water partition coefficient (Wildman–Crippen LogP) is 1.61. The first-order chi connectivity index (χ1) is 6.19. The molecule has 0 aliphatic rings. The van der Waals surface area contributed by atoms with E-state index in [0.29, 0.717) is 6.54 Å². The summed E-state index contributed by atoms with van der Waals surface area (Å²) in [6, 6.07) is 3.75. The minimum absolute atomic E-state index is 0.416. The van der Waals surface area contributed by atoms with E-state index in [1.165, 1.54) is 11.3 Å². The van der Waals surface area contributed by atoms with Crippen molar-refractivity contribution in [2.45, 2.75) is 4.21 Å². The molecule has 0 fully saturated rings. The van der Waals surface area contributed by atoms with Crippen molar-refractivity contribution in [3.8, 4) is 0 Å². The maximum absolute atomic E-state index is 11.1. The molecule has 1 aromatic rings. The lowest BCUT2D eigenvalue weighted by Crippen LogP contribution is -1.99. The van der Waals surface area contributed by atoms with Crippen molar-refractivity contribution in [2.75, 3.05) is 12.8 Å². The second kappa shape index (κ2) is 4.65. The molecule has 1 rings (SSSR count). The van der Waals surface area contributed by atoms with E-state index in [2.05, 4.69) is 12.3 Å². The Hall–Kier alpha value is -0.510. The summed E-state index contributed by atoms with van der Waals surface area (Å²) in [5.74, 6) is 0. The van der Waals surface area contributed by atoms with Crippen molar-refractivity contribution in [1.82, 2.24) is 0 Å². The molecule has 0 bridgehead atoms. The molecule has 1 unspecified atom stereocenters. The van der Waals surface area contributed by atoms with Gasteiger partial charge in [0.2, 0.25) is 4.21 Å². The zero-order valence-corrected chi connectivity index (χ0v) is 9.00. The third-order valence-electron chi connectivity index (χ3n) is 1.58. The molecule has 70 valence electrons. The molecule has 0 saturated heterocycles. The number of hydrogen-bond acceptors (Lipinski definition) is 3. The molecule has 0 aliphatic heterocycles. The first-order valence-electron chi connectivity index (χ1n) is 3.71. The molecule has 1 aromatic heterocycles. The molecule has 13 heavy (non-hydrogen) atoms. The summed E-state index contributed by atoms with van der Waals surface area (Å²) >= 11 is 0.566. The fraction of sp³-hybridized carbons (Fsp3) is 0.222. The van der Waals surface area contributed by atoms with Crippen LogP contribution in [-0.4, -0.2) is 17.4 Å². The van der Waals surface area contributed by atoms with E-state index in [-0.39, 0.29) is 0 Å². The highest BCUT2D eigenvalue weighted by Gasteiger charge is 2.10. The summed E-state index contributed by atoms with van der Waals surface area (Å²) in [7, 11) is 0. The minimum atomic E-state index is -0.912. The van der Waals surface area contributed by atoms with Gasteiger partial charge in [-0.3, -0.25) is 0 Å². The largest absolute Gasteiger partial charge is 0.611 e. The van der Waals surface area contributed by atoms with Crippen LogP contribution in [-0.2, 0) is 11.2 Å². The van der Waals surface area contributed by atoms with Crippen LogP contribution in [0.5, 0.6) is 0 Å². The van der Waals surface area contributed by atoms with Gasteiger partial charge >= 0.3 is 0 Å². The Kier molecular flexibility index (Phi) is 3.78. The second-order valence-corrected chi connectivity index (χ2v) is 5.12. The van der Waals surface area contributed by atoms with Crippen molar-refractivity contribution < 1.29 is 4.55 Å². The average molecular weight is 213 g/mol. The molecule has 2 nitrogen and oxygen atoms in total. The van der Waals surface area contributed by atoms with Crippen LogP contribution < -0.4 is 5.73 Å². The molecule has 0 aromatic carbocycles. The van der Waals surface area contributed by atoms with Gasteiger partial charge in [0.05, 0.1) is 0 Å². The van der Waals surface area contributed by atoms with Gasteiger partial charge in [0, 0.05) is 23.1 Å². The standard InChI is InChI=1S/C9H11NOS2/c1-3-7(6-10)8-4-5-9(12-8)13(2)11/h4-5H,1,6,10H2,2H3. The van der Waals surface area contributed by atoms with Crippen molar-refractivity contribution >= 4 is 28.1 Å². The quantitative estimate of drug-likeness (QED) is 0.612. The first kappa shape index (κ1) is 10.6. The first-order valence-corrected chi connectivity index (χ1v) is 6.09. The average Bonchev–Trinajstić information content (AvgIpc) is 2.56. The number of nitrogens with two attached hydrogens (primary N) is 1. The number of thiophene rings is 1. The van der Waals surface area contributed by atoms with Gasteiger partial charge in [-0.1, -0.05) is 17.9 Å². The topological polar surface area (TPSA) is 49.1 Å². The lowest BCUT2D eigenvalue weighted by atomic mass is 10.2. The molecule has 0 radical (unpaired) electrons. The van der Waals surface area contributed by atoms with Crippen LogP contribution in [0.25, 0.3) is 5.57 Å². The van der Waals surface area contributed by atoms with Crippen LogP contribution in [0.1, 0.15) is 4.88 Å². The van der Waals surface area contributed by atoms with Gasteiger partial charge in [-0.05, 0) is 17.2 Å². The van der Waals surface area contributed by atoms with Gasteiger partial charge in [0.25, 0.3) is 0 Å².